The van der Waals surface area contributed by atoms with Gasteiger partial charge in [0.2, 0.25) is 0 Å². The number of quaternary nitrogens is 1. The summed E-state index contributed by atoms with van der Waals surface area (Å²) in [5, 5.41) is 9.93. The molecule has 2 aromatic carbocycles. The van der Waals surface area contributed by atoms with Crippen molar-refractivity contribution in [1.29, 1.82) is 0 Å². The molecule has 0 saturated heterocycles. The van der Waals surface area contributed by atoms with Crippen molar-refractivity contribution >= 4 is 6.21 Å². The number of para-hydroxylation sites is 1. The van der Waals surface area contributed by atoms with Gasteiger partial charge in [0.1, 0.15) is 23.3 Å². The van der Waals surface area contributed by atoms with Crippen LogP contribution in [-0.4, -0.2) is 46.2 Å². The lowest BCUT2D eigenvalue weighted by molar-refractivity contribution is -0.890. The Balaban J connectivity index is 2.20. The van der Waals surface area contributed by atoms with E-state index in [-0.39, 0.29) is 11.8 Å². The maximum Gasteiger partial charge on any atom is 0.136 e. The number of likely N-dealkylation sites (N-methyl/N-ethyl adjacent to an activating group) is 1. The van der Waals surface area contributed by atoms with Crippen LogP contribution in [0, 0.1) is 0 Å². The summed E-state index contributed by atoms with van der Waals surface area (Å²) in [6.45, 7) is 0.583. The van der Waals surface area contributed by atoms with Crippen LogP contribution in [0.4, 0.5) is 0 Å². The molecule has 2 aromatic rings. The third-order valence-electron chi connectivity index (χ3n) is 3.96. The summed E-state index contributed by atoms with van der Waals surface area (Å²) in [6.07, 6.45) is 1.68. The van der Waals surface area contributed by atoms with Crippen LogP contribution in [0.25, 0.3) is 0 Å². The fourth-order valence-electron chi connectivity index (χ4n) is 2.57. The standard InChI is InChI=1S/C19H24N2O3/c1-21(2)17(16-7-5-6-8-19(16)24-4)13-20-12-14-11-15(23-3)9-10-18(14)22/h5-12,17,22H,13H2,1-4H3/p+1/t17-/m0/s1. The number of phenols is 1. The molecule has 0 spiro atoms. The van der Waals surface area contributed by atoms with Crippen LogP contribution in [0.3, 0.4) is 0 Å². The van der Waals surface area contributed by atoms with Crippen molar-refractivity contribution in [1.82, 2.24) is 0 Å². The highest BCUT2D eigenvalue weighted by atomic mass is 16.5. The highest BCUT2D eigenvalue weighted by Crippen LogP contribution is 2.24. The van der Waals surface area contributed by atoms with E-state index in [0.29, 0.717) is 17.9 Å². The first-order valence-electron chi connectivity index (χ1n) is 7.86. The Bertz CT molecular complexity index is 699. The number of benzene rings is 2. The molecule has 0 aliphatic heterocycles. The Morgan fingerprint density at radius 3 is 2.54 bits per heavy atom. The summed E-state index contributed by atoms with van der Waals surface area (Å²) in [4.78, 5) is 5.79. The molecule has 0 aliphatic carbocycles. The third-order valence-corrected chi connectivity index (χ3v) is 3.96. The predicted octanol–water partition coefficient (Wildman–Crippen LogP) is 1.71. The number of hydrogen-bond donors (Lipinski definition) is 2. The van der Waals surface area contributed by atoms with E-state index in [9.17, 15) is 5.11 Å². The second-order valence-corrected chi connectivity index (χ2v) is 5.79. The van der Waals surface area contributed by atoms with Crippen molar-refractivity contribution in [3.8, 4) is 17.2 Å². The summed E-state index contributed by atoms with van der Waals surface area (Å²) < 4.78 is 10.7. The van der Waals surface area contributed by atoms with Crippen molar-refractivity contribution in [2.75, 3.05) is 34.9 Å². The summed E-state index contributed by atoms with van der Waals surface area (Å²) >= 11 is 0. The zero-order chi connectivity index (χ0) is 17.5. The minimum atomic E-state index is 0.158. The van der Waals surface area contributed by atoms with E-state index in [1.807, 2.05) is 18.2 Å². The van der Waals surface area contributed by atoms with Crippen LogP contribution in [0.5, 0.6) is 17.2 Å². The van der Waals surface area contributed by atoms with Crippen molar-refractivity contribution in [3.05, 3.63) is 53.6 Å². The number of nitrogens with one attached hydrogen (secondary N) is 1. The van der Waals surface area contributed by atoms with E-state index in [2.05, 4.69) is 25.2 Å². The maximum atomic E-state index is 9.93. The molecule has 0 bridgehead atoms. The van der Waals surface area contributed by atoms with Crippen LogP contribution in [0.15, 0.2) is 47.5 Å². The molecule has 0 radical (unpaired) electrons. The Kier molecular flexibility index (Phi) is 6.21. The summed E-state index contributed by atoms with van der Waals surface area (Å²) in [7, 11) is 7.46. The minimum absolute atomic E-state index is 0.158. The number of aromatic hydroxyl groups is 1. The maximum absolute atomic E-state index is 9.93. The van der Waals surface area contributed by atoms with Crippen molar-refractivity contribution in [3.63, 3.8) is 0 Å². The Hall–Kier alpha value is -2.53. The van der Waals surface area contributed by atoms with Gasteiger partial charge in [-0.05, 0) is 30.3 Å². The number of rotatable bonds is 7. The predicted molar refractivity (Wildman–Crippen MR) is 95.7 cm³/mol. The van der Waals surface area contributed by atoms with E-state index >= 15 is 0 Å². The van der Waals surface area contributed by atoms with Gasteiger partial charge in [-0.15, -0.1) is 0 Å². The number of phenolic OH excluding ortho intramolecular Hbond substituents is 1. The summed E-state index contributed by atoms with van der Waals surface area (Å²) in [6, 6.07) is 13.2. The topological polar surface area (TPSA) is 55.5 Å². The molecule has 2 rings (SSSR count). The van der Waals surface area contributed by atoms with Crippen LogP contribution >= 0.6 is 0 Å². The lowest BCUT2D eigenvalue weighted by Gasteiger charge is -2.21. The number of methoxy groups -OCH3 is 2. The molecule has 5 nitrogen and oxygen atoms in total. The zero-order valence-corrected chi connectivity index (χ0v) is 14.6. The first-order chi connectivity index (χ1) is 11.6. The molecule has 0 unspecified atom stereocenters. The van der Waals surface area contributed by atoms with Crippen LogP contribution in [0.1, 0.15) is 17.2 Å². The first kappa shape index (κ1) is 17.8. The second kappa shape index (κ2) is 8.36. The quantitative estimate of drug-likeness (QED) is 0.761. The van der Waals surface area contributed by atoms with Gasteiger partial charge in [-0.3, -0.25) is 4.99 Å². The smallest absolute Gasteiger partial charge is 0.136 e. The molecule has 2 N–H and O–H groups in total. The molecule has 128 valence electrons. The van der Waals surface area contributed by atoms with Gasteiger partial charge < -0.3 is 19.5 Å². The molecule has 0 heterocycles. The molecule has 24 heavy (non-hydrogen) atoms. The molecular formula is C19H25N2O3+. The van der Waals surface area contributed by atoms with Gasteiger partial charge in [0.05, 0.1) is 40.4 Å². The van der Waals surface area contributed by atoms with Gasteiger partial charge in [-0.2, -0.15) is 0 Å². The number of aliphatic imine (C=N–C) groups is 1. The van der Waals surface area contributed by atoms with E-state index < -0.39 is 0 Å². The second-order valence-electron chi connectivity index (χ2n) is 5.79. The molecule has 0 aromatic heterocycles. The van der Waals surface area contributed by atoms with Gasteiger partial charge in [-0.25, -0.2) is 0 Å². The average Bonchev–Trinajstić information content (AvgIpc) is 2.60. The van der Waals surface area contributed by atoms with Crippen LogP contribution in [-0.2, 0) is 0 Å². The van der Waals surface area contributed by atoms with Gasteiger partial charge in [-0.1, -0.05) is 12.1 Å². The molecule has 5 heteroatoms. The SMILES string of the molecule is COc1ccc(O)c(C=NC[C@@H](c2ccccc2OC)[NH+](C)C)c1. The number of ether oxygens (including phenoxy) is 2. The van der Waals surface area contributed by atoms with E-state index in [1.165, 1.54) is 4.90 Å². The van der Waals surface area contributed by atoms with E-state index in [1.54, 1.807) is 38.6 Å². The lowest BCUT2D eigenvalue weighted by Crippen LogP contribution is -3.06. The van der Waals surface area contributed by atoms with Crippen LogP contribution < -0.4 is 14.4 Å². The molecule has 0 fully saturated rings. The fourth-order valence-corrected chi connectivity index (χ4v) is 2.57. The van der Waals surface area contributed by atoms with E-state index in [0.717, 1.165) is 11.3 Å². The molecule has 1 atom stereocenters. The monoisotopic (exact) mass is 329 g/mol. The number of nitrogens with zero attached hydrogens (tertiary/aromatic N) is 1. The highest BCUT2D eigenvalue weighted by Gasteiger charge is 2.20. The largest absolute Gasteiger partial charge is 0.507 e. The highest BCUT2D eigenvalue weighted by molar-refractivity contribution is 5.84. The Labute approximate surface area is 143 Å². The van der Waals surface area contributed by atoms with Crippen LogP contribution in [0.2, 0.25) is 0 Å². The van der Waals surface area contributed by atoms with Crippen molar-refractivity contribution in [2.24, 2.45) is 4.99 Å². The average molecular weight is 329 g/mol. The minimum Gasteiger partial charge on any atom is -0.507 e. The number of hydrogen-bond acceptors (Lipinski definition) is 4. The van der Waals surface area contributed by atoms with Gasteiger partial charge in [0.15, 0.2) is 0 Å². The third kappa shape index (κ3) is 4.26. The molecular weight excluding hydrogens is 304 g/mol. The van der Waals surface area contributed by atoms with Crippen molar-refractivity contribution < 1.29 is 19.5 Å². The first-order valence-corrected chi connectivity index (χ1v) is 7.86. The Morgan fingerprint density at radius 1 is 1.12 bits per heavy atom. The normalized spacial score (nSPS) is 12.5. The van der Waals surface area contributed by atoms with Gasteiger partial charge in [0, 0.05) is 11.8 Å². The zero-order valence-electron chi connectivity index (χ0n) is 14.6. The fraction of sp³-hybridized carbons (Fsp3) is 0.316. The summed E-state index contributed by atoms with van der Waals surface area (Å²) in [5.41, 5.74) is 1.76. The molecule has 0 aliphatic rings. The van der Waals surface area contributed by atoms with Gasteiger partial charge >= 0.3 is 0 Å². The Morgan fingerprint density at radius 2 is 1.88 bits per heavy atom. The molecule has 0 saturated carbocycles. The van der Waals surface area contributed by atoms with Crippen molar-refractivity contribution in [2.45, 2.75) is 6.04 Å². The molecule has 0 amide bonds. The lowest BCUT2D eigenvalue weighted by atomic mass is 10.0. The van der Waals surface area contributed by atoms with Gasteiger partial charge in [0.25, 0.3) is 0 Å². The van der Waals surface area contributed by atoms with E-state index in [4.69, 9.17) is 9.47 Å². The summed E-state index contributed by atoms with van der Waals surface area (Å²) in [5.74, 6) is 1.74.